The van der Waals surface area contributed by atoms with Crippen LogP contribution in [0.15, 0.2) is 36.4 Å². The summed E-state index contributed by atoms with van der Waals surface area (Å²) in [7, 11) is 0. The van der Waals surface area contributed by atoms with E-state index in [4.69, 9.17) is 0 Å². The Kier molecular flexibility index (Phi) is 4.97. The van der Waals surface area contributed by atoms with Gasteiger partial charge in [0.05, 0.1) is 6.54 Å². The number of para-hydroxylation sites is 1. The first-order valence-electron chi connectivity index (χ1n) is 8.67. The van der Waals surface area contributed by atoms with Gasteiger partial charge in [0.1, 0.15) is 0 Å². The molecule has 1 aliphatic rings. The summed E-state index contributed by atoms with van der Waals surface area (Å²) in [6.45, 7) is 6.80. The van der Waals surface area contributed by atoms with Crippen molar-refractivity contribution in [2.45, 2.75) is 39.5 Å². The van der Waals surface area contributed by atoms with Crippen LogP contribution in [0.4, 0.5) is 0 Å². The monoisotopic (exact) mass is 310 g/mol. The highest BCUT2D eigenvalue weighted by molar-refractivity contribution is 5.99. The van der Waals surface area contributed by atoms with E-state index < -0.39 is 0 Å². The second-order valence-electron chi connectivity index (χ2n) is 6.57. The molecule has 2 heterocycles. The molecule has 0 bridgehead atoms. The Hall–Kier alpha value is -1.87. The molecule has 3 heteroatoms. The molecular formula is C20H26N2O. The second-order valence-corrected chi connectivity index (χ2v) is 6.57. The number of hydrogen-bond donors (Lipinski definition) is 0. The smallest absolute Gasteiger partial charge is 0.178 e. The van der Waals surface area contributed by atoms with Crippen LogP contribution in [0.2, 0.25) is 0 Å². The lowest BCUT2D eigenvalue weighted by Crippen LogP contribution is -2.31. The summed E-state index contributed by atoms with van der Waals surface area (Å²) in [5.41, 5.74) is 4.16. The van der Waals surface area contributed by atoms with E-state index in [-0.39, 0.29) is 5.78 Å². The Bertz CT molecular complexity index is 664. The summed E-state index contributed by atoms with van der Waals surface area (Å²) >= 11 is 0. The molecule has 0 unspecified atom stereocenters. The van der Waals surface area contributed by atoms with Gasteiger partial charge in [-0.05, 0) is 58.0 Å². The van der Waals surface area contributed by atoms with Crippen molar-refractivity contribution in [2.24, 2.45) is 0 Å². The quantitative estimate of drug-likeness (QED) is 0.793. The first kappa shape index (κ1) is 16.0. The van der Waals surface area contributed by atoms with Gasteiger partial charge in [-0.25, -0.2) is 0 Å². The third-order valence-electron chi connectivity index (χ3n) is 4.81. The summed E-state index contributed by atoms with van der Waals surface area (Å²) < 4.78 is 2.18. The van der Waals surface area contributed by atoms with Crippen molar-refractivity contribution < 1.29 is 4.79 Å². The molecule has 3 rings (SSSR count). The summed E-state index contributed by atoms with van der Waals surface area (Å²) in [6, 6.07) is 12.3. The molecule has 1 aromatic heterocycles. The number of carbonyl (C=O) groups excluding carboxylic acids is 1. The molecule has 0 amide bonds. The first-order valence-corrected chi connectivity index (χ1v) is 8.67. The summed E-state index contributed by atoms with van der Waals surface area (Å²) in [5.74, 6) is 0.252. The van der Waals surface area contributed by atoms with E-state index >= 15 is 0 Å². The Balaban J connectivity index is 1.81. The van der Waals surface area contributed by atoms with E-state index in [0.29, 0.717) is 6.54 Å². The van der Waals surface area contributed by atoms with Crippen molar-refractivity contribution in [3.8, 4) is 5.69 Å². The van der Waals surface area contributed by atoms with Crippen LogP contribution >= 0.6 is 0 Å². The molecular weight excluding hydrogens is 284 g/mol. The first-order chi connectivity index (χ1) is 11.2. The maximum atomic E-state index is 12.8. The van der Waals surface area contributed by atoms with Crippen LogP contribution in [-0.4, -0.2) is 34.9 Å². The zero-order valence-electron chi connectivity index (χ0n) is 14.2. The van der Waals surface area contributed by atoms with Crippen LogP contribution < -0.4 is 0 Å². The van der Waals surface area contributed by atoms with E-state index in [2.05, 4.69) is 35.4 Å². The van der Waals surface area contributed by atoms with Crippen molar-refractivity contribution >= 4 is 5.78 Å². The van der Waals surface area contributed by atoms with Gasteiger partial charge in [-0.15, -0.1) is 0 Å². The molecule has 1 aromatic carbocycles. The fraction of sp³-hybridized carbons (Fsp3) is 0.450. The number of Topliss-reactive ketones (excluding diaryl/α,β-unsaturated/α-hetero) is 1. The lowest BCUT2D eigenvalue weighted by molar-refractivity contribution is 0.0932. The van der Waals surface area contributed by atoms with Crippen LogP contribution in [0.5, 0.6) is 0 Å². The SMILES string of the molecule is Cc1cc(C(=O)CN2CCCCCC2)c(C)n1-c1ccccc1. The van der Waals surface area contributed by atoms with Crippen LogP contribution in [0.25, 0.3) is 5.69 Å². The van der Waals surface area contributed by atoms with Crippen molar-refractivity contribution in [1.29, 1.82) is 0 Å². The van der Waals surface area contributed by atoms with E-state index in [1.165, 1.54) is 25.7 Å². The molecule has 122 valence electrons. The van der Waals surface area contributed by atoms with Crippen molar-refractivity contribution in [1.82, 2.24) is 9.47 Å². The minimum Gasteiger partial charge on any atom is -0.318 e. The second kappa shape index (κ2) is 7.14. The largest absolute Gasteiger partial charge is 0.318 e. The fourth-order valence-corrected chi connectivity index (χ4v) is 3.60. The Morgan fingerprint density at radius 3 is 2.30 bits per heavy atom. The van der Waals surface area contributed by atoms with Gasteiger partial charge in [-0.1, -0.05) is 31.0 Å². The number of carbonyl (C=O) groups is 1. The van der Waals surface area contributed by atoms with Crippen LogP contribution in [0.1, 0.15) is 47.4 Å². The normalized spacial score (nSPS) is 16.3. The van der Waals surface area contributed by atoms with Gasteiger partial charge in [0.25, 0.3) is 0 Å². The molecule has 0 aliphatic carbocycles. The molecule has 23 heavy (non-hydrogen) atoms. The van der Waals surface area contributed by atoms with Crippen LogP contribution in [0, 0.1) is 13.8 Å². The number of likely N-dealkylation sites (tertiary alicyclic amines) is 1. The maximum Gasteiger partial charge on any atom is 0.178 e. The number of hydrogen-bond acceptors (Lipinski definition) is 2. The van der Waals surface area contributed by atoms with E-state index in [0.717, 1.165) is 35.7 Å². The van der Waals surface area contributed by atoms with Gasteiger partial charge in [0.15, 0.2) is 5.78 Å². The molecule has 0 radical (unpaired) electrons. The van der Waals surface area contributed by atoms with Crippen LogP contribution in [0.3, 0.4) is 0 Å². The minimum absolute atomic E-state index is 0.252. The van der Waals surface area contributed by atoms with Crippen molar-refractivity contribution in [3.63, 3.8) is 0 Å². The average molecular weight is 310 g/mol. The predicted octanol–water partition coefficient (Wildman–Crippen LogP) is 4.15. The Morgan fingerprint density at radius 2 is 1.65 bits per heavy atom. The number of nitrogens with zero attached hydrogens (tertiary/aromatic N) is 2. The summed E-state index contributed by atoms with van der Waals surface area (Å²) in [5, 5.41) is 0. The zero-order valence-corrected chi connectivity index (χ0v) is 14.2. The van der Waals surface area contributed by atoms with Crippen LogP contribution in [-0.2, 0) is 0 Å². The number of aryl methyl sites for hydroxylation is 1. The van der Waals surface area contributed by atoms with Gasteiger partial charge in [0, 0.05) is 22.6 Å². The maximum absolute atomic E-state index is 12.8. The molecule has 2 aromatic rings. The molecule has 0 N–H and O–H groups in total. The fourth-order valence-electron chi connectivity index (χ4n) is 3.60. The molecule has 1 fully saturated rings. The molecule has 0 saturated carbocycles. The highest BCUT2D eigenvalue weighted by Crippen LogP contribution is 2.21. The Morgan fingerprint density at radius 1 is 1.00 bits per heavy atom. The molecule has 0 atom stereocenters. The topological polar surface area (TPSA) is 25.2 Å². The van der Waals surface area contributed by atoms with Gasteiger partial charge >= 0.3 is 0 Å². The average Bonchev–Trinajstić information content (AvgIpc) is 2.72. The third kappa shape index (κ3) is 3.56. The predicted molar refractivity (Wildman–Crippen MR) is 94.5 cm³/mol. The summed E-state index contributed by atoms with van der Waals surface area (Å²) in [4.78, 5) is 15.1. The van der Waals surface area contributed by atoms with Gasteiger partial charge < -0.3 is 4.57 Å². The summed E-state index contributed by atoms with van der Waals surface area (Å²) in [6.07, 6.45) is 5.03. The highest BCUT2D eigenvalue weighted by atomic mass is 16.1. The molecule has 1 aliphatic heterocycles. The van der Waals surface area contributed by atoms with E-state index in [1.807, 2.05) is 24.3 Å². The number of benzene rings is 1. The number of aromatic nitrogens is 1. The highest BCUT2D eigenvalue weighted by Gasteiger charge is 2.19. The lowest BCUT2D eigenvalue weighted by Gasteiger charge is -2.18. The van der Waals surface area contributed by atoms with E-state index in [1.54, 1.807) is 0 Å². The van der Waals surface area contributed by atoms with Gasteiger partial charge in [-0.2, -0.15) is 0 Å². The Labute approximate surface area is 138 Å². The van der Waals surface area contributed by atoms with Crippen molar-refractivity contribution in [3.05, 3.63) is 53.3 Å². The zero-order chi connectivity index (χ0) is 16.2. The van der Waals surface area contributed by atoms with Crippen molar-refractivity contribution in [2.75, 3.05) is 19.6 Å². The standard InChI is InChI=1S/C20H26N2O/c1-16-14-19(17(2)22(16)18-10-6-5-7-11-18)20(23)15-21-12-8-3-4-9-13-21/h5-7,10-11,14H,3-4,8-9,12-13,15H2,1-2H3. The van der Waals surface area contributed by atoms with Gasteiger partial charge in [-0.3, -0.25) is 9.69 Å². The molecule has 1 saturated heterocycles. The number of rotatable bonds is 4. The van der Waals surface area contributed by atoms with Gasteiger partial charge in [0.2, 0.25) is 0 Å². The molecule has 3 nitrogen and oxygen atoms in total. The minimum atomic E-state index is 0.252. The van der Waals surface area contributed by atoms with E-state index in [9.17, 15) is 4.79 Å². The number of ketones is 1. The molecule has 0 spiro atoms. The third-order valence-corrected chi connectivity index (χ3v) is 4.81. The lowest BCUT2D eigenvalue weighted by atomic mass is 10.1.